The predicted octanol–water partition coefficient (Wildman–Crippen LogP) is 7.66. The summed E-state index contributed by atoms with van der Waals surface area (Å²) >= 11 is 0. The number of hydrogen-bond acceptors (Lipinski definition) is 0. The van der Waals surface area contributed by atoms with Crippen molar-refractivity contribution in [1.29, 1.82) is 0 Å². The minimum atomic E-state index is 0.108. The van der Waals surface area contributed by atoms with Gasteiger partial charge in [0.05, 0.1) is 0 Å². The van der Waals surface area contributed by atoms with Crippen molar-refractivity contribution >= 4 is 61.1 Å². The smallest absolute Gasteiger partial charge is 0.329 e. The van der Waals surface area contributed by atoms with E-state index in [0.29, 0.717) is 0 Å². The molecule has 0 N–H and O–H groups in total. The highest BCUT2D eigenvalue weighted by molar-refractivity contribution is 6.87. The van der Waals surface area contributed by atoms with Crippen LogP contribution in [-0.4, -0.2) is 11.3 Å². The van der Waals surface area contributed by atoms with Crippen LogP contribution in [0.15, 0.2) is 103 Å². The van der Waals surface area contributed by atoms with E-state index in [0.717, 1.165) is 0 Å². The van der Waals surface area contributed by atoms with Gasteiger partial charge in [0.15, 0.2) is 0 Å². The number of aromatic nitrogens is 1. The van der Waals surface area contributed by atoms with E-state index in [9.17, 15) is 0 Å². The zero-order valence-corrected chi connectivity index (χ0v) is 21.3. The maximum atomic E-state index is 2.65. The average molecular weight is 471 g/mol. The third-order valence-electron chi connectivity index (χ3n) is 8.49. The fourth-order valence-electron chi connectivity index (χ4n) is 7.12. The highest BCUT2D eigenvalue weighted by atomic mass is 14.9. The molecular formula is C35H26BN. The van der Waals surface area contributed by atoms with Gasteiger partial charge in [-0.2, -0.15) is 0 Å². The van der Waals surface area contributed by atoms with E-state index >= 15 is 0 Å². The first-order chi connectivity index (χ1) is 18.1. The Morgan fingerprint density at radius 2 is 1.24 bits per heavy atom. The summed E-state index contributed by atoms with van der Waals surface area (Å²) in [6, 6.07) is 38.7. The van der Waals surface area contributed by atoms with Crippen LogP contribution in [0.25, 0.3) is 54.5 Å². The van der Waals surface area contributed by atoms with Crippen molar-refractivity contribution in [3.63, 3.8) is 0 Å². The molecule has 0 spiro atoms. The lowest BCUT2D eigenvalue weighted by atomic mass is 9.45. The molecule has 1 aliphatic heterocycles. The molecule has 2 heteroatoms. The lowest BCUT2D eigenvalue weighted by Gasteiger charge is -2.30. The standard InChI is InChI=1S/C35H26BN/c1-21-17-22(2)34(23(3)18-21)36-31-20-26-11-5-4-10-25(26)19-30(31)28-13-8-14-29-33-27-12-7-6-9-24(27)15-16-32(33)37(36)35(28)29/h4-20H,1-3H3. The van der Waals surface area contributed by atoms with Gasteiger partial charge in [0.1, 0.15) is 0 Å². The van der Waals surface area contributed by atoms with Crippen molar-refractivity contribution in [2.24, 2.45) is 0 Å². The van der Waals surface area contributed by atoms with Crippen LogP contribution in [0.4, 0.5) is 0 Å². The Morgan fingerprint density at radius 3 is 2.03 bits per heavy atom. The Kier molecular flexibility index (Phi) is 4.15. The summed E-state index contributed by atoms with van der Waals surface area (Å²) in [4.78, 5) is 0. The molecule has 6 aromatic carbocycles. The summed E-state index contributed by atoms with van der Waals surface area (Å²) in [5.41, 5.74) is 12.2. The maximum Gasteiger partial charge on any atom is 0.329 e. The normalized spacial score (nSPS) is 12.7. The second-order valence-electron chi connectivity index (χ2n) is 10.8. The molecule has 1 nitrogen and oxygen atoms in total. The Bertz CT molecular complexity index is 2050. The molecule has 0 radical (unpaired) electrons. The molecular weight excluding hydrogens is 445 g/mol. The van der Waals surface area contributed by atoms with E-state index in [-0.39, 0.29) is 6.85 Å². The van der Waals surface area contributed by atoms with Gasteiger partial charge in [-0.1, -0.05) is 108 Å². The summed E-state index contributed by atoms with van der Waals surface area (Å²) in [5, 5.41) is 7.92. The van der Waals surface area contributed by atoms with Crippen LogP contribution >= 0.6 is 0 Å². The topological polar surface area (TPSA) is 4.93 Å². The van der Waals surface area contributed by atoms with Crippen LogP contribution in [0.1, 0.15) is 16.7 Å². The predicted molar refractivity (Wildman–Crippen MR) is 161 cm³/mol. The molecule has 0 aliphatic carbocycles. The summed E-state index contributed by atoms with van der Waals surface area (Å²) in [6.07, 6.45) is 0. The number of nitrogens with zero attached hydrogens (tertiary/aromatic N) is 1. The van der Waals surface area contributed by atoms with Crippen molar-refractivity contribution in [3.8, 4) is 11.1 Å². The molecule has 0 bridgehead atoms. The summed E-state index contributed by atoms with van der Waals surface area (Å²) in [6.45, 7) is 6.89. The Hall–Kier alpha value is -4.30. The second-order valence-corrected chi connectivity index (χ2v) is 10.8. The number of hydrogen-bond donors (Lipinski definition) is 0. The molecule has 0 atom stereocenters. The van der Waals surface area contributed by atoms with Crippen LogP contribution in [0.3, 0.4) is 0 Å². The molecule has 7 aromatic rings. The SMILES string of the molecule is Cc1cc(C)c(B2c3cc4ccccc4cc3-c3cccc4c5c6ccccc6ccc5n2c34)c(C)c1. The quantitative estimate of drug-likeness (QED) is 0.217. The number of para-hydroxylation sites is 1. The highest BCUT2D eigenvalue weighted by Gasteiger charge is 2.36. The third-order valence-corrected chi connectivity index (χ3v) is 8.49. The third kappa shape index (κ3) is 2.76. The van der Waals surface area contributed by atoms with E-state index in [1.54, 1.807) is 0 Å². The molecule has 0 saturated heterocycles. The van der Waals surface area contributed by atoms with Gasteiger partial charge in [0.25, 0.3) is 0 Å². The van der Waals surface area contributed by atoms with Crippen molar-refractivity contribution in [2.45, 2.75) is 20.8 Å². The molecule has 0 unspecified atom stereocenters. The first-order valence-corrected chi connectivity index (χ1v) is 13.2. The van der Waals surface area contributed by atoms with E-state index in [2.05, 4.69) is 128 Å². The first kappa shape index (κ1) is 20.9. The second kappa shape index (κ2) is 7.37. The largest absolute Gasteiger partial charge is 0.375 e. The zero-order chi connectivity index (χ0) is 24.8. The minimum Gasteiger partial charge on any atom is -0.375 e. The van der Waals surface area contributed by atoms with Crippen LogP contribution in [0.2, 0.25) is 0 Å². The lowest BCUT2D eigenvalue weighted by Crippen LogP contribution is -2.53. The summed E-state index contributed by atoms with van der Waals surface area (Å²) < 4.78 is 2.65. The van der Waals surface area contributed by atoms with Gasteiger partial charge < -0.3 is 4.48 Å². The monoisotopic (exact) mass is 471 g/mol. The Labute approximate surface area is 217 Å². The molecule has 0 fully saturated rings. The van der Waals surface area contributed by atoms with E-state index in [1.807, 2.05) is 0 Å². The van der Waals surface area contributed by atoms with E-state index in [4.69, 9.17) is 0 Å². The Balaban J connectivity index is 1.63. The number of benzene rings is 6. The molecule has 8 rings (SSSR count). The molecule has 1 aliphatic rings. The van der Waals surface area contributed by atoms with Gasteiger partial charge in [-0.15, -0.1) is 0 Å². The first-order valence-electron chi connectivity index (χ1n) is 13.2. The number of aryl methyl sites for hydroxylation is 3. The van der Waals surface area contributed by atoms with Gasteiger partial charge in [-0.3, -0.25) is 0 Å². The van der Waals surface area contributed by atoms with Crippen molar-refractivity contribution in [2.75, 3.05) is 0 Å². The fourth-order valence-corrected chi connectivity index (χ4v) is 7.12. The highest BCUT2D eigenvalue weighted by Crippen LogP contribution is 2.42. The van der Waals surface area contributed by atoms with E-state index in [1.165, 1.54) is 82.1 Å². The fraction of sp³-hybridized carbons (Fsp3) is 0.0857. The van der Waals surface area contributed by atoms with Gasteiger partial charge >= 0.3 is 6.85 Å². The van der Waals surface area contributed by atoms with Gasteiger partial charge in [-0.25, -0.2) is 0 Å². The van der Waals surface area contributed by atoms with Crippen LogP contribution in [0, 0.1) is 20.8 Å². The molecule has 1 aromatic heterocycles. The summed E-state index contributed by atoms with van der Waals surface area (Å²) in [5.74, 6) is 0. The van der Waals surface area contributed by atoms with Gasteiger partial charge in [0.2, 0.25) is 0 Å². The maximum absolute atomic E-state index is 2.65. The molecule has 0 amide bonds. The molecule has 0 saturated carbocycles. The van der Waals surface area contributed by atoms with Gasteiger partial charge in [0, 0.05) is 27.4 Å². The van der Waals surface area contributed by atoms with Crippen LogP contribution < -0.4 is 10.9 Å². The van der Waals surface area contributed by atoms with Crippen molar-refractivity contribution in [1.82, 2.24) is 4.48 Å². The number of fused-ring (bicyclic) bond motifs is 8. The molecule has 174 valence electrons. The lowest BCUT2D eigenvalue weighted by molar-refractivity contribution is 1.29. The summed E-state index contributed by atoms with van der Waals surface area (Å²) in [7, 11) is 0. The molecule has 37 heavy (non-hydrogen) atoms. The Morgan fingerprint density at radius 1 is 0.568 bits per heavy atom. The van der Waals surface area contributed by atoms with Crippen LogP contribution in [0.5, 0.6) is 0 Å². The van der Waals surface area contributed by atoms with Gasteiger partial charge in [-0.05, 0) is 70.9 Å². The van der Waals surface area contributed by atoms with Crippen LogP contribution in [-0.2, 0) is 0 Å². The molecule has 2 heterocycles. The minimum absolute atomic E-state index is 0.108. The van der Waals surface area contributed by atoms with E-state index < -0.39 is 0 Å². The zero-order valence-electron chi connectivity index (χ0n) is 21.3. The van der Waals surface area contributed by atoms with Crippen molar-refractivity contribution < 1.29 is 0 Å². The number of rotatable bonds is 1. The van der Waals surface area contributed by atoms with Crippen molar-refractivity contribution in [3.05, 3.63) is 120 Å². The average Bonchev–Trinajstić information content (AvgIpc) is 3.24.